The van der Waals surface area contributed by atoms with Gasteiger partial charge >= 0.3 is 5.97 Å². The summed E-state index contributed by atoms with van der Waals surface area (Å²) in [6, 6.07) is 16.5. The highest BCUT2D eigenvalue weighted by molar-refractivity contribution is 6.30. The van der Waals surface area contributed by atoms with Crippen molar-refractivity contribution in [1.82, 2.24) is 4.90 Å². The Morgan fingerprint density at radius 1 is 1.07 bits per heavy atom. The third kappa shape index (κ3) is 6.94. The van der Waals surface area contributed by atoms with Gasteiger partial charge in [-0.1, -0.05) is 41.9 Å². The van der Waals surface area contributed by atoms with Gasteiger partial charge in [-0.3, -0.25) is 9.59 Å². The maximum atomic E-state index is 12.9. The summed E-state index contributed by atoms with van der Waals surface area (Å²) in [6.07, 6.45) is -0.558. The summed E-state index contributed by atoms with van der Waals surface area (Å²) in [5.74, 6) is 0.0399. The zero-order valence-corrected chi connectivity index (χ0v) is 16.3. The summed E-state index contributed by atoms with van der Waals surface area (Å²) >= 11 is 5.87. The van der Waals surface area contributed by atoms with Crippen LogP contribution in [0.25, 0.3) is 0 Å². The Labute approximate surface area is 164 Å². The van der Waals surface area contributed by atoms with Crippen LogP contribution in [0.4, 0.5) is 0 Å². The van der Waals surface area contributed by atoms with E-state index in [-0.39, 0.29) is 24.8 Å². The molecule has 0 aliphatic rings. The number of hydrogen-bond acceptors (Lipinski definition) is 4. The van der Waals surface area contributed by atoms with Gasteiger partial charge in [0.05, 0.1) is 13.0 Å². The molecule has 1 amide bonds. The van der Waals surface area contributed by atoms with Gasteiger partial charge in [-0.25, -0.2) is 0 Å². The minimum absolute atomic E-state index is 0.139. The van der Waals surface area contributed by atoms with Crippen molar-refractivity contribution in [3.8, 4) is 5.75 Å². The highest BCUT2D eigenvalue weighted by atomic mass is 35.5. The van der Waals surface area contributed by atoms with Crippen LogP contribution < -0.4 is 4.74 Å². The fourth-order valence-electron chi connectivity index (χ4n) is 2.56. The van der Waals surface area contributed by atoms with E-state index in [4.69, 9.17) is 21.1 Å². The molecule has 0 fully saturated rings. The van der Waals surface area contributed by atoms with Gasteiger partial charge < -0.3 is 14.4 Å². The van der Waals surface area contributed by atoms with E-state index in [0.717, 1.165) is 5.56 Å². The molecule has 144 valence electrons. The van der Waals surface area contributed by atoms with Crippen LogP contribution in [0.3, 0.4) is 0 Å². The van der Waals surface area contributed by atoms with E-state index in [1.807, 2.05) is 30.3 Å². The topological polar surface area (TPSA) is 55.8 Å². The third-order valence-corrected chi connectivity index (χ3v) is 4.15. The summed E-state index contributed by atoms with van der Waals surface area (Å²) in [5.41, 5.74) is 0.980. The van der Waals surface area contributed by atoms with E-state index in [2.05, 4.69) is 0 Å². The molecule has 0 bridgehead atoms. The summed E-state index contributed by atoms with van der Waals surface area (Å²) in [7, 11) is 0. The SMILES string of the molecule is CCOC(=O)CCN(Cc1ccccc1)C(=O)C(C)Oc1ccc(Cl)cc1. The Balaban J connectivity index is 2.05. The molecule has 0 N–H and O–H groups in total. The lowest BCUT2D eigenvalue weighted by Gasteiger charge is -2.26. The predicted octanol–water partition coefficient (Wildman–Crippen LogP) is 4.09. The van der Waals surface area contributed by atoms with Crippen molar-refractivity contribution in [2.45, 2.75) is 32.9 Å². The average molecular weight is 390 g/mol. The summed E-state index contributed by atoms with van der Waals surface area (Å²) in [6.45, 7) is 4.43. The first kappa shape index (κ1) is 20.8. The van der Waals surface area contributed by atoms with Gasteiger partial charge in [0, 0.05) is 18.1 Å². The van der Waals surface area contributed by atoms with Crippen LogP contribution in [0.5, 0.6) is 5.75 Å². The monoisotopic (exact) mass is 389 g/mol. The summed E-state index contributed by atoms with van der Waals surface area (Å²) in [5, 5.41) is 0.599. The van der Waals surface area contributed by atoms with Crippen LogP contribution in [-0.2, 0) is 20.9 Å². The first-order chi connectivity index (χ1) is 13.0. The van der Waals surface area contributed by atoms with Crippen LogP contribution in [0, 0.1) is 0 Å². The number of nitrogens with zero attached hydrogens (tertiary/aromatic N) is 1. The van der Waals surface area contributed by atoms with Crippen molar-refractivity contribution in [1.29, 1.82) is 0 Å². The van der Waals surface area contributed by atoms with Crippen LogP contribution in [0.2, 0.25) is 5.02 Å². The van der Waals surface area contributed by atoms with Crippen molar-refractivity contribution >= 4 is 23.5 Å². The second-order valence-corrected chi connectivity index (χ2v) is 6.45. The van der Waals surface area contributed by atoms with Crippen molar-refractivity contribution in [3.05, 3.63) is 65.2 Å². The molecule has 0 heterocycles. The van der Waals surface area contributed by atoms with Gasteiger partial charge in [-0.15, -0.1) is 0 Å². The normalized spacial score (nSPS) is 11.5. The smallest absolute Gasteiger partial charge is 0.307 e. The molecule has 0 saturated carbocycles. The third-order valence-electron chi connectivity index (χ3n) is 3.89. The van der Waals surface area contributed by atoms with Crippen molar-refractivity contribution in [2.24, 2.45) is 0 Å². The zero-order chi connectivity index (χ0) is 19.6. The second-order valence-electron chi connectivity index (χ2n) is 6.01. The zero-order valence-electron chi connectivity index (χ0n) is 15.6. The molecule has 0 aliphatic carbocycles. The maximum absolute atomic E-state index is 12.9. The minimum atomic E-state index is -0.697. The van der Waals surface area contributed by atoms with E-state index >= 15 is 0 Å². The number of carbonyl (C=O) groups excluding carboxylic acids is 2. The lowest BCUT2D eigenvalue weighted by molar-refractivity contribution is -0.145. The lowest BCUT2D eigenvalue weighted by Crippen LogP contribution is -2.41. The van der Waals surface area contributed by atoms with E-state index in [1.54, 1.807) is 43.0 Å². The molecular formula is C21H24ClNO4. The molecule has 1 unspecified atom stereocenters. The molecule has 0 aromatic heterocycles. The lowest BCUT2D eigenvalue weighted by atomic mass is 10.2. The van der Waals surface area contributed by atoms with Gasteiger partial charge in [0.1, 0.15) is 5.75 Å². The Bertz CT molecular complexity index is 734. The molecule has 27 heavy (non-hydrogen) atoms. The van der Waals surface area contributed by atoms with Crippen LogP contribution >= 0.6 is 11.6 Å². The Kier molecular flexibility index (Phi) is 8.14. The maximum Gasteiger partial charge on any atom is 0.307 e. The van der Waals surface area contributed by atoms with Gasteiger partial charge in [0.2, 0.25) is 0 Å². The van der Waals surface area contributed by atoms with Crippen molar-refractivity contribution in [2.75, 3.05) is 13.2 Å². The number of rotatable bonds is 9. The minimum Gasteiger partial charge on any atom is -0.481 e. The molecule has 1 atom stereocenters. The molecular weight excluding hydrogens is 366 g/mol. The van der Waals surface area contributed by atoms with Gasteiger partial charge in [-0.2, -0.15) is 0 Å². The molecule has 5 nitrogen and oxygen atoms in total. The van der Waals surface area contributed by atoms with E-state index in [0.29, 0.717) is 23.9 Å². The van der Waals surface area contributed by atoms with E-state index in [9.17, 15) is 9.59 Å². The van der Waals surface area contributed by atoms with Gasteiger partial charge in [0.15, 0.2) is 6.10 Å². The highest BCUT2D eigenvalue weighted by Crippen LogP contribution is 2.18. The van der Waals surface area contributed by atoms with Gasteiger partial charge in [-0.05, 0) is 43.7 Å². The summed E-state index contributed by atoms with van der Waals surface area (Å²) < 4.78 is 10.7. The van der Waals surface area contributed by atoms with E-state index < -0.39 is 6.10 Å². The Morgan fingerprint density at radius 3 is 2.37 bits per heavy atom. The number of carbonyl (C=O) groups is 2. The number of halogens is 1. The Hall–Kier alpha value is -2.53. The summed E-state index contributed by atoms with van der Waals surface area (Å²) in [4.78, 5) is 26.2. The first-order valence-electron chi connectivity index (χ1n) is 8.90. The van der Waals surface area contributed by atoms with Crippen LogP contribution in [0.15, 0.2) is 54.6 Å². The second kappa shape index (κ2) is 10.6. The fourth-order valence-corrected chi connectivity index (χ4v) is 2.68. The quantitative estimate of drug-likeness (QED) is 0.606. The number of ether oxygens (including phenoxy) is 2. The number of esters is 1. The van der Waals surface area contributed by atoms with Crippen molar-refractivity contribution in [3.63, 3.8) is 0 Å². The number of hydrogen-bond donors (Lipinski definition) is 0. The molecule has 2 aromatic carbocycles. The highest BCUT2D eigenvalue weighted by Gasteiger charge is 2.23. The molecule has 6 heteroatoms. The van der Waals surface area contributed by atoms with E-state index in [1.165, 1.54) is 0 Å². The van der Waals surface area contributed by atoms with Crippen LogP contribution in [-0.4, -0.2) is 36.0 Å². The standard InChI is InChI=1S/C21H24ClNO4/c1-3-26-20(24)13-14-23(15-17-7-5-4-6-8-17)21(25)16(2)27-19-11-9-18(22)10-12-19/h4-12,16H,3,13-15H2,1-2H3. The molecule has 0 saturated heterocycles. The average Bonchev–Trinajstić information content (AvgIpc) is 2.67. The van der Waals surface area contributed by atoms with Gasteiger partial charge in [0.25, 0.3) is 5.91 Å². The number of amides is 1. The number of benzene rings is 2. The molecule has 0 aliphatic heterocycles. The molecule has 2 rings (SSSR count). The van der Waals surface area contributed by atoms with Crippen LogP contribution in [0.1, 0.15) is 25.8 Å². The predicted molar refractivity (Wildman–Crippen MR) is 105 cm³/mol. The largest absolute Gasteiger partial charge is 0.481 e. The first-order valence-corrected chi connectivity index (χ1v) is 9.28. The molecule has 0 radical (unpaired) electrons. The molecule has 0 spiro atoms. The Morgan fingerprint density at radius 2 is 1.74 bits per heavy atom. The molecule has 2 aromatic rings. The van der Waals surface area contributed by atoms with Crippen molar-refractivity contribution < 1.29 is 19.1 Å². The fraction of sp³-hybridized carbons (Fsp3) is 0.333.